The zero-order valence-corrected chi connectivity index (χ0v) is 33.2. The molecule has 0 aromatic heterocycles. The molecule has 0 spiro atoms. The van der Waals surface area contributed by atoms with Crippen LogP contribution in [0.15, 0.2) is 104 Å². The summed E-state index contributed by atoms with van der Waals surface area (Å²) in [7, 11) is 1.24. The molecular weight excluding hydrogens is 695 g/mol. The lowest BCUT2D eigenvalue weighted by Gasteiger charge is -2.34. The molecular formula is C44H59N5O6. The average molecular weight is 754 g/mol. The molecule has 5 N–H and O–H groups in total. The van der Waals surface area contributed by atoms with Gasteiger partial charge in [0.15, 0.2) is 0 Å². The van der Waals surface area contributed by atoms with Gasteiger partial charge in [-0.1, -0.05) is 126 Å². The third kappa shape index (κ3) is 13.8. The molecule has 3 rings (SSSR count). The first kappa shape index (κ1) is 44.1. The van der Waals surface area contributed by atoms with Gasteiger partial charge >= 0.3 is 6.09 Å². The van der Waals surface area contributed by atoms with E-state index in [-0.39, 0.29) is 44.2 Å². The topological polar surface area (TPSA) is 149 Å². The van der Waals surface area contributed by atoms with Gasteiger partial charge in [-0.3, -0.25) is 19.8 Å². The summed E-state index contributed by atoms with van der Waals surface area (Å²) in [5, 5.41) is 22.1. The first-order chi connectivity index (χ1) is 26.1. The van der Waals surface area contributed by atoms with Gasteiger partial charge in [0, 0.05) is 26.1 Å². The van der Waals surface area contributed by atoms with Crippen molar-refractivity contribution < 1.29 is 29.0 Å². The molecule has 0 fully saturated rings. The number of methoxy groups -OCH3 is 1. The van der Waals surface area contributed by atoms with E-state index in [1.165, 1.54) is 7.11 Å². The Morgan fingerprint density at radius 3 is 1.98 bits per heavy atom. The van der Waals surface area contributed by atoms with Crippen molar-refractivity contribution in [1.29, 1.82) is 0 Å². The second-order valence-corrected chi connectivity index (χ2v) is 15.2. The zero-order chi connectivity index (χ0) is 40.6. The first-order valence-corrected chi connectivity index (χ1v) is 18.7. The molecule has 0 heterocycles. The van der Waals surface area contributed by atoms with E-state index in [0.29, 0.717) is 13.0 Å². The Morgan fingerprint density at radius 1 is 0.818 bits per heavy atom. The maximum absolute atomic E-state index is 14.0. The highest BCUT2D eigenvalue weighted by atomic mass is 16.5. The van der Waals surface area contributed by atoms with Crippen LogP contribution in [-0.4, -0.2) is 71.8 Å². The number of hydrogen-bond donors (Lipinski definition) is 5. The molecule has 11 nitrogen and oxygen atoms in total. The second-order valence-electron chi connectivity index (χ2n) is 15.2. The summed E-state index contributed by atoms with van der Waals surface area (Å²) < 4.78 is 4.80. The van der Waals surface area contributed by atoms with Crippen molar-refractivity contribution >= 4 is 23.8 Å². The van der Waals surface area contributed by atoms with Crippen LogP contribution in [0, 0.1) is 11.3 Å². The van der Waals surface area contributed by atoms with Crippen LogP contribution in [0.4, 0.5) is 4.79 Å². The Labute approximate surface area is 326 Å². The lowest BCUT2D eigenvalue weighted by atomic mass is 9.86. The van der Waals surface area contributed by atoms with Crippen molar-refractivity contribution in [2.75, 3.05) is 20.2 Å². The third-order valence-electron chi connectivity index (χ3n) is 9.28. The second kappa shape index (κ2) is 21.0. The molecule has 3 aromatic rings. The van der Waals surface area contributed by atoms with E-state index in [1.54, 1.807) is 17.2 Å². The SMILES string of the molecule is C=CCNC(=O)[C@@H](NC(=O)[C@@](O)(CCCN(Cc1ccc(-c2ccccc2)cc1)NC(=O)[C@@H](NC(=O)OC)C(C)(C)C)Cc1ccc(CC=C)cc1)C(C)C. The zero-order valence-electron chi connectivity index (χ0n) is 33.2. The third-order valence-corrected chi connectivity index (χ3v) is 9.28. The van der Waals surface area contributed by atoms with E-state index in [4.69, 9.17) is 4.74 Å². The maximum atomic E-state index is 14.0. The van der Waals surface area contributed by atoms with Gasteiger partial charge in [0.25, 0.3) is 11.8 Å². The molecule has 0 saturated carbocycles. The number of nitrogens with one attached hydrogen (secondary N) is 4. The van der Waals surface area contributed by atoms with Crippen LogP contribution in [0.2, 0.25) is 0 Å². The molecule has 3 aromatic carbocycles. The van der Waals surface area contributed by atoms with E-state index in [1.807, 2.05) is 113 Å². The van der Waals surface area contributed by atoms with E-state index >= 15 is 0 Å². The molecule has 296 valence electrons. The predicted octanol–water partition coefficient (Wildman–Crippen LogP) is 5.88. The number of ether oxygens (including phenoxy) is 1. The number of aliphatic hydroxyl groups is 1. The monoisotopic (exact) mass is 753 g/mol. The molecule has 0 radical (unpaired) electrons. The quantitative estimate of drug-likeness (QED) is 0.0715. The maximum Gasteiger partial charge on any atom is 0.407 e. The van der Waals surface area contributed by atoms with Crippen LogP contribution >= 0.6 is 0 Å². The number of amides is 4. The summed E-state index contributed by atoms with van der Waals surface area (Å²) in [6.45, 7) is 17.4. The minimum atomic E-state index is -1.90. The Hall–Kier alpha value is -5.26. The molecule has 0 bridgehead atoms. The summed E-state index contributed by atoms with van der Waals surface area (Å²) >= 11 is 0. The van der Waals surface area contributed by atoms with Crippen LogP contribution in [0.5, 0.6) is 0 Å². The van der Waals surface area contributed by atoms with Gasteiger partial charge in [-0.2, -0.15) is 0 Å². The number of carbonyl (C=O) groups excluding carboxylic acids is 4. The van der Waals surface area contributed by atoms with Gasteiger partial charge in [0.1, 0.15) is 17.7 Å². The largest absolute Gasteiger partial charge is 0.453 e. The highest BCUT2D eigenvalue weighted by Gasteiger charge is 2.39. The number of hydrazine groups is 1. The minimum Gasteiger partial charge on any atom is -0.453 e. The van der Waals surface area contributed by atoms with Gasteiger partial charge in [0.05, 0.1) is 7.11 Å². The fourth-order valence-electron chi connectivity index (χ4n) is 6.14. The molecule has 0 unspecified atom stereocenters. The predicted molar refractivity (Wildman–Crippen MR) is 217 cm³/mol. The summed E-state index contributed by atoms with van der Waals surface area (Å²) in [6, 6.07) is 23.8. The minimum absolute atomic E-state index is 0.00521. The van der Waals surface area contributed by atoms with Crippen molar-refractivity contribution in [2.45, 2.75) is 84.5 Å². The van der Waals surface area contributed by atoms with Crippen LogP contribution < -0.4 is 21.4 Å². The molecule has 3 atom stereocenters. The Balaban J connectivity index is 1.91. The number of hydrogen-bond acceptors (Lipinski definition) is 7. The molecule has 11 heteroatoms. The fourth-order valence-corrected chi connectivity index (χ4v) is 6.14. The van der Waals surface area contributed by atoms with Gasteiger partial charge < -0.3 is 25.8 Å². The van der Waals surface area contributed by atoms with Crippen LogP contribution in [0.3, 0.4) is 0 Å². The Bertz CT molecular complexity index is 1720. The van der Waals surface area contributed by atoms with Gasteiger partial charge in [-0.15, -0.1) is 13.2 Å². The van der Waals surface area contributed by atoms with Gasteiger partial charge in [0.2, 0.25) is 5.91 Å². The molecule has 0 aliphatic rings. The van der Waals surface area contributed by atoms with Crippen molar-refractivity contribution in [1.82, 2.24) is 26.4 Å². The number of carbonyl (C=O) groups is 4. The van der Waals surface area contributed by atoms with Crippen LogP contribution in [0.1, 0.15) is 64.2 Å². The van der Waals surface area contributed by atoms with E-state index < -0.39 is 41.0 Å². The van der Waals surface area contributed by atoms with Crippen LogP contribution in [-0.2, 0) is 38.5 Å². The molecule has 55 heavy (non-hydrogen) atoms. The highest BCUT2D eigenvalue weighted by molar-refractivity contribution is 5.91. The standard InChI is InChI=1S/C44H59N5O6/c1-9-15-32-18-20-33(21-19-32)29-44(54,41(52)46-37(31(3)4)39(50)45-27-10-2)26-14-28-49(48-40(51)38(43(5,6)7)47-42(53)55-8)30-34-22-24-36(25-23-34)35-16-12-11-13-17-35/h9-13,16-25,31,37-38,54H,1-2,14-15,26-30H2,3-8H3,(H,45,50)(H,46,52)(H,47,53)(H,48,51)/t37-,38+,44+/m0/s1. The van der Waals surface area contributed by atoms with E-state index in [0.717, 1.165) is 27.8 Å². The first-order valence-electron chi connectivity index (χ1n) is 18.7. The van der Waals surface area contributed by atoms with Crippen molar-refractivity contribution in [2.24, 2.45) is 11.3 Å². The average Bonchev–Trinajstić information content (AvgIpc) is 3.15. The van der Waals surface area contributed by atoms with Crippen molar-refractivity contribution in [3.8, 4) is 11.1 Å². The number of rotatable bonds is 20. The Kier molecular flexibility index (Phi) is 16.8. The Morgan fingerprint density at radius 2 is 1.42 bits per heavy atom. The normalized spacial score (nSPS) is 13.5. The molecule has 0 saturated heterocycles. The van der Waals surface area contributed by atoms with Crippen molar-refractivity contribution in [3.05, 3.63) is 121 Å². The summed E-state index contributed by atoms with van der Waals surface area (Å²) in [4.78, 5) is 53.1. The van der Waals surface area contributed by atoms with Gasteiger partial charge in [-0.05, 0) is 58.4 Å². The smallest absolute Gasteiger partial charge is 0.407 e. The number of benzene rings is 3. The molecule has 0 aliphatic carbocycles. The van der Waals surface area contributed by atoms with Crippen molar-refractivity contribution in [3.63, 3.8) is 0 Å². The highest BCUT2D eigenvalue weighted by Crippen LogP contribution is 2.24. The lowest BCUT2D eigenvalue weighted by Crippen LogP contribution is -2.58. The van der Waals surface area contributed by atoms with Gasteiger partial charge in [-0.25, -0.2) is 9.80 Å². The van der Waals surface area contributed by atoms with E-state index in [9.17, 15) is 24.3 Å². The fraction of sp³-hybridized carbons (Fsp3) is 0.409. The number of allylic oxidation sites excluding steroid dienone is 1. The lowest BCUT2D eigenvalue weighted by molar-refractivity contribution is -0.144. The number of nitrogens with zero attached hydrogens (tertiary/aromatic N) is 1. The summed E-state index contributed by atoms with van der Waals surface area (Å²) in [5.41, 5.74) is 5.24. The summed E-state index contributed by atoms with van der Waals surface area (Å²) in [6.07, 6.45) is 3.59. The summed E-state index contributed by atoms with van der Waals surface area (Å²) in [5.74, 6) is -1.75. The van der Waals surface area contributed by atoms with E-state index in [2.05, 4.69) is 34.5 Å². The van der Waals surface area contributed by atoms with Crippen LogP contribution in [0.25, 0.3) is 11.1 Å². The molecule has 0 aliphatic heterocycles. The number of alkyl carbamates (subject to hydrolysis) is 1. The molecule has 4 amide bonds.